The third-order valence-corrected chi connectivity index (χ3v) is 3.50. The van der Waals surface area contributed by atoms with Crippen molar-refractivity contribution in [2.24, 2.45) is 0 Å². The Labute approximate surface area is 123 Å². The first-order valence-corrected chi connectivity index (χ1v) is 9.45. The molecule has 0 aromatic heterocycles. The lowest BCUT2D eigenvalue weighted by Gasteiger charge is -2.19. The van der Waals surface area contributed by atoms with Crippen LogP contribution in [0.3, 0.4) is 0 Å². The van der Waals surface area contributed by atoms with E-state index in [1.807, 2.05) is 0 Å². The molecule has 0 aromatic rings. The summed E-state index contributed by atoms with van der Waals surface area (Å²) in [5, 5.41) is 8.53. The molecule has 0 radical (unpaired) electrons. The molecule has 0 saturated carbocycles. The highest BCUT2D eigenvalue weighted by molar-refractivity contribution is 7.51. The van der Waals surface area contributed by atoms with Gasteiger partial charge in [0.25, 0.3) is 0 Å². The summed E-state index contributed by atoms with van der Waals surface area (Å²) in [6.45, 7) is -0.252. The van der Waals surface area contributed by atoms with Gasteiger partial charge in [-0.15, -0.1) is 6.42 Å². The van der Waals surface area contributed by atoms with E-state index in [0.717, 1.165) is 6.66 Å². The van der Waals surface area contributed by atoms with E-state index in [4.69, 9.17) is 21.2 Å². The van der Waals surface area contributed by atoms with Gasteiger partial charge in [-0.1, -0.05) is 5.92 Å². The van der Waals surface area contributed by atoms with Crippen molar-refractivity contribution in [1.29, 1.82) is 0 Å². The van der Waals surface area contributed by atoms with E-state index < -0.39 is 28.1 Å². The van der Waals surface area contributed by atoms with E-state index in [0.29, 0.717) is 0 Å². The lowest BCUT2D eigenvalue weighted by Crippen LogP contribution is -2.25. The van der Waals surface area contributed by atoms with Crippen LogP contribution >= 0.6 is 15.4 Å². The number of aliphatic hydroxyl groups is 1. The van der Waals surface area contributed by atoms with Crippen molar-refractivity contribution in [3.05, 3.63) is 0 Å². The van der Waals surface area contributed by atoms with Crippen LogP contribution in [0.15, 0.2) is 0 Å². The summed E-state index contributed by atoms with van der Waals surface area (Å²) in [5.74, 6) is 2.18. The van der Waals surface area contributed by atoms with Gasteiger partial charge in [-0.3, -0.25) is 13.6 Å². The Hall–Kier alpha value is -0.260. The van der Waals surface area contributed by atoms with Crippen molar-refractivity contribution in [2.45, 2.75) is 12.5 Å². The Kier molecular flexibility index (Phi) is 10.3. The Morgan fingerprint density at radius 2 is 1.81 bits per heavy atom. The van der Waals surface area contributed by atoms with Crippen molar-refractivity contribution in [3.8, 4) is 12.3 Å². The normalized spacial score (nSPS) is 18.4. The largest absolute Gasteiger partial charge is 0.472 e. The molecule has 0 amide bonds. The number of phosphoric ester groups is 1. The molecule has 0 spiro atoms. The van der Waals surface area contributed by atoms with Gasteiger partial charge in [0.05, 0.1) is 19.8 Å². The zero-order valence-corrected chi connectivity index (χ0v) is 13.4. The number of hydrogen-bond acceptors (Lipinski definition) is 7. The van der Waals surface area contributed by atoms with Gasteiger partial charge in [0, 0.05) is 13.3 Å². The summed E-state index contributed by atoms with van der Waals surface area (Å²) in [6.07, 6.45) is 4.27. The number of aliphatic hydroxyl groups excluding tert-OH is 1. The second kappa shape index (κ2) is 10.5. The second-order valence-electron chi connectivity index (χ2n) is 3.91. The van der Waals surface area contributed by atoms with Crippen LogP contribution in [0.2, 0.25) is 0 Å². The first-order valence-electron chi connectivity index (χ1n) is 5.93. The first kappa shape index (κ1) is 20.7. The molecule has 0 aliphatic carbocycles. The highest BCUT2D eigenvalue weighted by Gasteiger charge is 2.24. The average molecular weight is 346 g/mol. The maximum Gasteiger partial charge on any atom is 0.472 e. The highest BCUT2D eigenvalue weighted by Crippen LogP contribution is 2.43. The third-order valence-electron chi connectivity index (χ3n) is 1.88. The quantitative estimate of drug-likeness (QED) is 0.260. The van der Waals surface area contributed by atoms with Crippen molar-refractivity contribution in [3.63, 3.8) is 0 Å². The number of hydrogen-bond donors (Lipinski definition) is 3. The average Bonchev–Trinajstić information content (AvgIpc) is 2.37. The van der Waals surface area contributed by atoms with Gasteiger partial charge in [-0.25, -0.2) is 4.57 Å². The van der Waals surface area contributed by atoms with E-state index in [2.05, 4.69) is 19.5 Å². The van der Waals surface area contributed by atoms with Crippen LogP contribution < -0.4 is 0 Å². The molecule has 3 unspecified atom stereocenters. The fraction of sp³-hybridized carbons (Fsp3) is 0.800. The van der Waals surface area contributed by atoms with Crippen LogP contribution in [0.5, 0.6) is 0 Å². The smallest absolute Gasteiger partial charge is 0.396 e. The van der Waals surface area contributed by atoms with Crippen molar-refractivity contribution >= 4 is 15.4 Å². The molecule has 0 rings (SSSR count). The van der Waals surface area contributed by atoms with E-state index in [9.17, 15) is 14.0 Å². The molecule has 11 heteroatoms. The second-order valence-corrected chi connectivity index (χ2v) is 7.23. The Balaban J connectivity index is 4.29. The molecule has 9 nitrogen and oxygen atoms in total. The van der Waals surface area contributed by atoms with Gasteiger partial charge < -0.3 is 24.2 Å². The molecule has 124 valence electrons. The van der Waals surface area contributed by atoms with Crippen LogP contribution in [0.1, 0.15) is 6.42 Å². The van der Waals surface area contributed by atoms with Gasteiger partial charge in [-0.2, -0.15) is 0 Å². The SMILES string of the molecule is C#CCOC(COP(C)(=O)O)COP(=O)(O)OCCCO. The van der Waals surface area contributed by atoms with E-state index in [1.165, 1.54) is 0 Å². The summed E-state index contributed by atoms with van der Waals surface area (Å²) in [5.41, 5.74) is 0. The monoisotopic (exact) mass is 346 g/mol. The molecule has 3 N–H and O–H groups in total. The summed E-state index contributed by atoms with van der Waals surface area (Å²) in [4.78, 5) is 18.3. The van der Waals surface area contributed by atoms with Gasteiger partial charge in [0.2, 0.25) is 0 Å². The van der Waals surface area contributed by atoms with Crippen LogP contribution in [0.4, 0.5) is 0 Å². The van der Waals surface area contributed by atoms with Crippen molar-refractivity contribution in [1.82, 2.24) is 0 Å². The molecule has 0 saturated heterocycles. The van der Waals surface area contributed by atoms with E-state index in [-0.39, 0.29) is 32.8 Å². The summed E-state index contributed by atoms with van der Waals surface area (Å²) < 4.78 is 41.4. The highest BCUT2D eigenvalue weighted by atomic mass is 31.2. The molecule has 0 fully saturated rings. The van der Waals surface area contributed by atoms with Crippen molar-refractivity contribution in [2.75, 3.05) is 39.7 Å². The number of rotatable bonds is 12. The third kappa shape index (κ3) is 13.1. The van der Waals surface area contributed by atoms with Crippen LogP contribution in [0, 0.1) is 12.3 Å². The Morgan fingerprint density at radius 1 is 1.19 bits per heavy atom. The minimum atomic E-state index is -4.30. The lowest BCUT2D eigenvalue weighted by atomic mass is 10.4. The number of phosphoric acid groups is 1. The first-order chi connectivity index (χ1) is 9.70. The molecular weight excluding hydrogens is 326 g/mol. The van der Waals surface area contributed by atoms with Crippen LogP contribution in [0.25, 0.3) is 0 Å². The number of ether oxygens (including phenoxy) is 1. The fourth-order valence-electron chi connectivity index (χ4n) is 0.991. The fourth-order valence-corrected chi connectivity index (χ4v) is 2.22. The topological polar surface area (TPSA) is 132 Å². The summed E-state index contributed by atoms with van der Waals surface area (Å²) >= 11 is 0. The summed E-state index contributed by atoms with van der Waals surface area (Å²) in [7, 11) is -8.02. The zero-order valence-electron chi connectivity index (χ0n) is 11.6. The molecule has 0 aliphatic heterocycles. The zero-order chi connectivity index (χ0) is 16.4. The summed E-state index contributed by atoms with van der Waals surface area (Å²) in [6, 6.07) is 0. The molecule has 3 atom stereocenters. The van der Waals surface area contributed by atoms with Gasteiger partial charge in [0.15, 0.2) is 0 Å². The van der Waals surface area contributed by atoms with Crippen LogP contribution in [-0.4, -0.2) is 60.7 Å². The molecular formula is C10H20O9P2. The van der Waals surface area contributed by atoms with Gasteiger partial charge in [0.1, 0.15) is 12.7 Å². The predicted molar refractivity (Wildman–Crippen MR) is 73.7 cm³/mol. The molecule has 0 heterocycles. The van der Waals surface area contributed by atoms with Gasteiger partial charge in [-0.05, 0) is 6.42 Å². The van der Waals surface area contributed by atoms with Crippen molar-refractivity contribution < 1.29 is 42.3 Å². The maximum absolute atomic E-state index is 11.5. The van der Waals surface area contributed by atoms with Crippen LogP contribution in [-0.2, 0) is 27.4 Å². The molecule has 0 bridgehead atoms. The standard InChI is InChI=1S/C10H20O9P2/c1-3-6-16-10(8-18-20(2,12)13)9-19-21(14,15)17-7-4-5-11/h1,10-11H,4-9H2,2H3,(H,12,13)(H,14,15). The minimum Gasteiger partial charge on any atom is -0.396 e. The predicted octanol–water partition coefficient (Wildman–Crippen LogP) is 0.353. The minimum absolute atomic E-state index is 0.127. The Morgan fingerprint density at radius 3 is 2.33 bits per heavy atom. The Bertz CT molecular complexity index is 413. The van der Waals surface area contributed by atoms with Gasteiger partial charge >= 0.3 is 15.4 Å². The van der Waals surface area contributed by atoms with E-state index in [1.54, 1.807) is 0 Å². The molecule has 0 aliphatic rings. The van der Waals surface area contributed by atoms with E-state index >= 15 is 0 Å². The maximum atomic E-state index is 11.5. The molecule has 21 heavy (non-hydrogen) atoms. The molecule has 0 aromatic carbocycles. The number of terminal acetylenes is 1. The lowest BCUT2D eigenvalue weighted by molar-refractivity contribution is -0.00375.